The van der Waals surface area contributed by atoms with E-state index in [1.54, 1.807) is 4.90 Å². The van der Waals surface area contributed by atoms with Crippen LogP contribution in [0.3, 0.4) is 0 Å². The number of hydrogen-bond acceptors (Lipinski definition) is 2. The molecule has 29 heavy (non-hydrogen) atoms. The number of amides is 1. The third-order valence-corrected chi connectivity index (χ3v) is 5.16. The lowest BCUT2D eigenvalue weighted by molar-refractivity contribution is 0.0588. The molecule has 3 nitrogen and oxygen atoms in total. The van der Waals surface area contributed by atoms with Crippen LogP contribution < -0.4 is 4.74 Å². The first-order chi connectivity index (χ1) is 14.1. The SMILES string of the molecule is O=C(c1ccc(-c2ccccc2)cc1)N1CCC(Oc2ccc(F)cc2F)CC1. The Hall–Kier alpha value is -3.21. The molecule has 5 heteroatoms. The molecule has 1 amide bonds. The predicted molar refractivity (Wildman–Crippen MR) is 108 cm³/mol. The highest BCUT2D eigenvalue weighted by Crippen LogP contribution is 2.24. The minimum absolute atomic E-state index is 0.0176. The van der Waals surface area contributed by atoms with Crippen LogP contribution in [0, 0.1) is 11.6 Å². The van der Waals surface area contributed by atoms with Gasteiger partial charge in [0, 0.05) is 37.6 Å². The number of rotatable bonds is 4. The zero-order valence-electron chi connectivity index (χ0n) is 15.9. The van der Waals surface area contributed by atoms with Crippen molar-refractivity contribution in [2.75, 3.05) is 13.1 Å². The maximum Gasteiger partial charge on any atom is 0.253 e. The second-order valence-corrected chi connectivity index (χ2v) is 7.13. The van der Waals surface area contributed by atoms with Gasteiger partial charge in [0.25, 0.3) is 5.91 Å². The van der Waals surface area contributed by atoms with Crippen molar-refractivity contribution in [1.29, 1.82) is 0 Å². The summed E-state index contributed by atoms with van der Waals surface area (Å²) in [6.07, 6.45) is 1.01. The fourth-order valence-electron chi connectivity index (χ4n) is 3.55. The van der Waals surface area contributed by atoms with Crippen LogP contribution >= 0.6 is 0 Å². The smallest absolute Gasteiger partial charge is 0.253 e. The molecule has 0 aliphatic carbocycles. The van der Waals surface area contributed by atoms with Gasteiger partial charge in [0.2, 0.25) is 0 Å². The third kappa shape index (κ3) is 4.45. The van der Waals surface area contributed by atoms with Crippen molar-refractivity contribution in [3.8, 4) is 16.9 Å². The van der Waals surface area contributed by atoms with Crippen molar-refractivity contribution in [3.63, 3.8) is 0 Å². The number of piperidine rings is 1. The first kappa shape index (κ1) is 19.1. The van der Waals surface area contributed by atoms with Gasteiger partial charge in [0.1, 0.15) is 11.9 Å². The fourth-order valence-corrected chi connectivity index (χ4v) is 3.55. The molecule has 0 N–H and O–H groups in total. The highest BCUT2D eigenvalue weighted by atomic mass is 19.1. The van der Waals surface area contributed by atoms with Crippen molar-refractivity contribution in [1.82, 2.24) is 4.90 Å². The minimum atomic E-state index is -0.706. The second-order valence-electron chi connectivity index (χ2n) is 7.13. The van der Waals surface area contributed by atoms with E-state index in [2.05, 4.69) is 0 Å². The number of likely N-dealkylation sites (tertiary alicyclic amines) is 1. The normalized spacial score (nSPS) is 14.6. The van der Waals surface area contributed by atoms with E-state index in [4.69, 9.17) is 4.74 Å². The largest absolute Gasteiger partial charge is 0.487 e. The lowest BCUT2D eigenvalue weighted by atomic mass is 10.0. The summed E-state index contributed by atoms with van der Waals surface area (Å²) in [5, 5.41) is 0. The number of halogens is 2. The number of nitrogens with zero attached hydrogens (tertiary/aromatic N) is 1. The van der Waals surface area contributed by atoms with Gasteiger partial charge in [-0.25, -0.2) is 8.78 Å². The van der Waals surface area contributed by atoms with Crippen LogP contribution in [0.15, 0.2) is 72.8 Å². The third-order valence-electron chi connectivity index (χ3n) is 5.16. The molecular formula is C24H21F2NO2. The lowest BCUT2D eigenvalue weighted by Gasteiger charge is -2.32. The van der Waals surface area contributed by atoms with Crippen molar-refractivity contribution in [2.45, 2.75) is 18.9 Å². The average Bonchev–Trinajstić information content (AvgIpc) is 2.76. The summed E-state index contributed by atoms with van der Waals surface area (Å²) in [4.78, 5) is 14.6. The summed E-state index contributed by atoms with van der Waals surface area (Å²) in [5.41, 5.74) is 2.82. The van der Waals surface area contributed by atoms with Crippen LogP contribution in [0.4, 0.5) is 8.78 Å². The minimum Gasteiger partial charge on any atom is -0.487 e. The van der Waals surface area contributed by atoms with Crippen LogP contribution in [0.1, 0.15) is 23.2 Å². The van der Waals surface area contributed by atoms with E-state index in [1.165, 1.54) is 12.1 Å². The molecule has 0 spiro atoms. The summed E-state index contributed by atoms with van der Waals surface area (Å²) in [6, 6.07) is 20.9. The molecule has 1 aliphatic heterocycles. The van der Waals surface area contributed by atoms with Gasteiger partial charge in [-0.2, -0.15) is 0 Å². The zero-order valence-corrected chi connectivity index (χ0v) is 15.9. The van der Waals surface area contributed by atoms with E-state index in [0.717, 1.165) is 17.2 Å². The molecule has 1 heterocycles. The molecule has 0 saturated carbocycles. The Labute approximate surface area is 168 Å². The van der Waals surface area contributed by atoms with E-state index in [1.807, 2.05) is 54.6 Å². The molecule has 148 valence electrons. The molecule has 3 aromatic carbocycles. The molecule has 1 aliphatic rings. The Morgan fingerprint density at radius 1 is 0.862 bits per heavy atom. The van der Waals surface area contributed by atoms with Crippen LogP contribution in [-0.4, -0.2) is 30.0 Å². The second kappa shape index (κ2) is 8.43. The highest BCUT2D eigenvalue weighted by Gasteiger charge is 2.25. The number of benzene rings is 3. The van der Waals surface area contributed by atoms with Crippen molar-refractivity contribution in [3.05, 3.63) is 90.0 Å². The first-order valence-corrected chi connectivity index (χ1v) is 9.66. The molecular weight excluding hydrogens is 372 g/mol. The zero-order chi connectivity index (χ0) is 20.2. The molecule has 0 radical (unpaired) electrons. The van der Waals surface area contributed by atoms with E-state index in [9.17, 15) is 13.6 Å². The Kier molecular flexibility index (Phi) is 5.56. The van der Waals surface area contributed by atoms with Crippen LogP contribution in [0.25, 0.3) is 11.1 Å². The first-order valence-electron chi connectivity index (χ1n) is 9.66. The molecule has 0 atom stereocenters. The van der Waals surface area contributed by atoms with Gasteiger partial charge in [-0.1, -0.05) is 42.5 Å². The van der Waals surface area contributed by atoms with Gasteiger partial charge in [-0.15, -0.1) is 0 Å². The topological polar surface area (TPSA) is 29.5 Å². The monoisotopic (exact) mass is 393 g/mol. The van der Waals surface area contributed by atoms with Crippen LogP contribution in [0.5, 0.6) is 5.75 Å². The maximum atomic E-state index is 13.8. The van der Waals surface area contributed by atoms with E-state index < -0.39 is 11.6 Å². The van der Waals surface area contributed by atoms with Gasteiger partial charge >= 0.3 is 0 Å². The average molecular weight is 393 g/mol. The van der Waals surface area contributed by atoms with Gasteiger partial charge < -0.3 is 9.64 Å². The number of carbonyl (C=O) groups excluding carboxylic acids is 1. The van der Waals surface area contributed by atoms with Crippen molar-refractivity contribution >= 4 is 5.91 Å². The number of ether oxygens (including phenoxy) is 1. The van der Waals surface area contributed by atoms with Gasteiger partial charge in [0.05, 0.1) is 0 Å². The highest BCUT2D eigenvalue weighted by molar-refractivity contribution is 5.94. The Balaban J connectivity index is 1.35. The Bertz CT molecular complexity index is 982. The van der Waals surface area contributed by atoms with Gasteiger partial charge in [0.15, 0.2) is 11.6 Å². The summed E-state index contributed by atoms with van der Waals surface area (Å²) in [5.74, 6) is -1.31. The molecule has 0 unspecified atom stereocenters. The maximum absolute atomic E-state index is 13.8. The van der Waals surface area contributed by atoms with Gasteiger partial charge in [-0.3, -0.25) is 4.79 Å². The Morgan fingerprint density at radius 3 is 2.17 bits per heavy atom. The molecule has 3 aromatic rings. The standard InChI is InChI=1S/C24H21F2NO2/c25-20-10-11-23(22(26)16-20)29-21-12-14-27(15-13-21)24(28)19-8-6-18(7-9-19)17-4-2-1-3-5-17/h1-11,16,21H,12-15H2. The summed E-state index contributed by atoms with van der Waals surface area (Å²) in [6.45, 7) is 1.07. The van der Waals surface area contributed by atoms with E-state index in [0.29, 0.717) is 31.5 Å². The number of hydrogen-bond donors (Lipinski definition) is 0. The lowest BCUT2D eigenvalue weighted by Crippen LogP contribution is -2.41. The van der Waals surface area contributed by atoms with E-state index in [-0.39, 0.29) is 17.8 Å². The van der Waals surface area contributed by atoms with E-state index >= 15 is 0 Å². The van der Waals surface area contributed by atoms with Crippen molar-refractivity contribution in [2.24, 2.45) is 0 Å². The van der Waals surface area contributed by atoms with Crippen molar-refractivity contribution < 1.29 is 18.3 Å². The molecule has 1 fully saturated rings. The Morgan fingerprint density at radius 2 is 1.52 bits per heavy atom. The molecule has 4 rings (SSSR count). The summed E-state index contributed by atoms with van der Waals surface area (Å²) >= 11 is 0. The molecule has 0 bridgehead atoms. The van der Waals surface area contributed by atoms with Gasteiger partial charge in [-0.05, 0) is 35.4 Å². The molecule has 1 saturated heterocycles. The van der Waals surface area contributed by atoms with Crippen LogP contribution in [0.2, 0.25) is 0 Å². The fraction of sp³-hybridized carbons (Fsp3) is 0.208. The van der Waals surface area contributed by atoms with Crippen LogP contribution in [-0.2, 0) is 0 Å². The molecule has 0 aromatic heterocycles. The predicted octanol–water partition coefficient (Wildman–Crippen LogP) is 5.32. The summed E-state index contributed by atoms with van der Waals surface area (Å²) < 4.78 is 32.4. The quantitative estimate of drug-likeness (QED) is 0.601. The number of carbonyl (C=O) groups is 1. The summed E-state index contributed by atoms with van der Waals surface area (Å²) in [7, 11) is 0.